The van der Waals surface area contributed by atoms with Gasteiger partial charge >= 0.3 is 0 Å². The summed E-state index contributed by atoms with van der Waals surface area (Å²) in [5, 5.41) is 4.79. The number of hydrogen-bond donors (Lipinski definition) is 2. The second-order valence-corrected chi connectivity index (χ2v) is 5.33. The molecule has 0 spiro atoms. The smallest absolute Gasteiger partial charge is 0.221 e. The topological polar surface area (TPSA) is 58.2 Å². The maximum atomic E-state index is 13.0. The molecular weight excluding hydrogens is 338 g/mol. The van der Waals surface area contributed by atoms with Crippen molar-refractivity contribution in [1.29, 1.82) is 0 Å². The Morgan fingerprint density at radius 3 is 1.69 bits per heavy atom. The zero-order chi connectivity index (χ0) is 18.3. The second kappa shape index (κ2) is 11.7. The van der Waals surface area contributed by atoms with E-state index in [9.17, 15) is 18.4 Å². The number of halogens is 2. The van der Waals surface area contributed by atoms with E-state index >= 15 is 0 Å². The van der Waals surface area contributed by atoms with Gasteiger partial charge in [-0.2, -0.15) is 0 Å². The Balaban J connectivity index is 0. The Hall–Kier alpha value is -2.76. The summed E-state index contributed by atoms with van der Waals surface area (Å²) in [6, 6.07) is 9.25. The molecule has 0 aromatic heterocycles. The first kappa shape index (κ1) is 25.5. The van der Waals surface area contributed by atoms with Gasteiger partial charge in [0.15, 0.2) is 0 Å². The first-order valence-electron chi connectivity index (χ1n) is 7.26. The Labute approximate surface area is 154 Å². The molecular formula is C20H28F2N2O2. The molecule has 0 aliphatic heterocycles. The van der Waals surface area contributed by atoms with E-state index in [0.717, 1.165) is 11.1 Å². The molecule has 2 rings (SSSR count). The van der Waals surface area contributed by atoms with Gasteiger partial charge in [-0.15, -0.1) is 0 Å². The fraction of sp³-hybridized carbons (Fsp3) is 0.300. The van der Waals surface area contributed by atoms with Gasteiger partial charge in [0, 0.05) is 13.8 Å². The molecule has 0 bridgehead atoms. The van der Waals surface area contributed by atoms with Crippen LogP contribution in [0.4, 0.5) is 20.2 Å². The van der Waals surface area contributed by atoms with Gasteiger partial charge in [0.2, 0.25) is 11.8 Å². The van der Waals surface area contributed by atoms with E-state index in [4.69, 9.17) is 0 Å². The molecule has 0 aliphatic rings. The highest BCUT2D eigenvalue weighted by Crippen LogP contribution is 2.15. The van der Waals surface area contributed by atoms with Crippen LogP contribution in [0.1, 0.15) is 39.8 Å². The lowest BCUT2D eigenvalue weighted by atomic mass is 10.2. The molecule has 2 amide bonds. The molecule has 4 nitrogen and oxygen atoms in total. The molecule has 0 saturated carbocycles. The Bertz CT molecular complexity index is 747. The minimum absolute atomic E-state index is 0. The lowest BCUT2D eigenvalue weighted by Crippen LogP contribution is -2.07. The van der Waals surface area contributed by atoms with Crippen molar-refractivity contribution in [2.45, 2.75) is 42.5 Å². The minimum Gasteiger partial charge on any atom is -0.324 e. The standard InChI is InChI=1S/2C9H10FNO.2CH4/c1-6-3-4-9(8(10)5-6)11-7(2)12;1-6-3-4-8(10)9(5-6)11-7(2)12;;/h2*3-5H,1-2H3,(H,11,12);2*1H4. The molecule has 0 radical (unpaired) electrons. The summed E-state index contributed by atoms with van der Waals surface area (Å²) in [6.45, 7) is 6.33. The average molecular weight is 366 g/mol. The monoisotopic (exact) mass is 366 g/mol. The molecule has 0 saturated heterocycles. The lowest BCUT2D eigenvalue weighted by molar-refractivity contribution is -0.115. The van der Waals surface area contributed by atoms with Crippen LogP contribution in [0.5, 0.6) is 0 Å². The second-order valence-electron chi connectivity index (χ2n) is 5.33. The number of rotatable bonds is 2. The molecule has 6 heteroatoms. The van der Waals surface area contributed by atoms with Crippen molar-refractivity contribution >= 4 is 23.2 Å². The first-order valence-corrected chi connectivity index (χ1v) is 7.26. The van der Waals surface area contributed by atoms with Gasteiger partial charge in [-0.25, -0.2) is 8.78 Å². The number of aryl methyl sites for hydroxylation is 2. The van der Waals surface area contributed by atoms with Crippen LogP contribution >= 0.6 is 0 Å². The fourth-order valence-electron chi connectivity index (χ4n) is 1.84. The van der Waals surface area contributed by atoms with E-state index in [0.29, 0.717) is 0 Å². The number of benzene rings is 2. The number of carbonyl (C=O) groups excluding carboxylic acids is 2. The van der Waals surface area contributed by atoms with Crippen LogP contribution in [0.25, 0.3) is 0 Å². The van der Waals surface area contributed by atoms with Crippen molar-refractivity contribution in [1.82, 2.24) is 0 Å². The summed E-state index contributed by atoms with van der Waals surface area (Å²) in [6.07, 6.45) is 0. The maximum absolute atomic E-state index is 13.0. The molecule has 144 valence electrons. The van der Waals surface area contributed by atoms with Crippen LogP contribution in [-0.2, 0) is 9.59 Å². The van der Waals surface area contributed by atoms with Crippen LogP contribution in [0.2, 0.25) is 0 Å². The normalized spacial score (nSPS) is 8.85. The molecule has 2 aromatic carbocycles. The zero-order valence-corrected chi connectivity index (χ0v) is 14.0. The SMILES string of the molecule is C.C.CC(=O)Nc1cc(C)ccc1F.CC(=O)Nc1ccc(C)cc1F. The first-order chi connectivity index (χ1) is 11.2. The quantitative estimate of drug-likeness (QED) is 0.742. The van der Waals surface area contributed by atoms with Crippen molar-refractivity contribution in [3.8, 4) is 0 Å². The molecule has 0 aliphatic carbocycles. The number of hydrogen-bond acceptors (Lipinski definition) is 2. The highest BCUT2D eigenvalue weighted by Gasteiger charge is 2.03. The average Bonchev–Trinajstić information content (AvgIpc) is 2.46. The van der Waals surface area contributed by atoms with Crippen LogP contribution in [0.15, 0.2) is 36.4 Å². The zero-order valence-electron chi connectivity index (χ0n) is 14.0. The van der Waals surface area contributed by atoms with Gasteiger partial charge in [-0.3, -0.25) is 9.59 Å². The summed E-state index contributed by atoms with van der Waals surface area (Å²) < 4.78 is 25.9. The number of amides is 2. The van der Waals surface area contributed by atoms with Crippen molar-refractivity contribution < 1.29 is 18.4 Å². The largest absolute Gasteiger partial charge is 0.324 e. The van der Waals surface area contributed by atoms with Crippen molar-refractivity contribution in [2.24, 2.45) is 0 Å². The highest BCUT2D eigenvalue weighted by atomic mass is 19.1. The summed E-state index contributed by atoms with van der Waals surface area (Å²) in [5.41, 5.74) is 2.22. The highest BCUT2D eigenvalue weighted by molar-refractivity contribution is 5.89. The van der Waals surface area contributed by atoms with Crippen molar-refractivity contribution in [3.63, 3.8) is 0 Å². The molecule has 26 heavy (non-hydrogen) atoms. The summed E-state index contributed by atoms with van der Waals surface area (Å²) in [7, 11) is 0. The third kappa shape index (κ3) is 8.92. The summed E-state index contributed by atoms with van der Waals surface area (Å²) >= 11 is 0. The van der Waals surface area contributed by atoms with E-state index in [-0.39, 0.29) is 38.0 Å². The van der Waals surface area contributed by atoms with E-state index in [1.807, 2.05) is 6.92 Å². The van der Waals surface area contributed by atoms with Gasteiger partial charge in [-0.1, -0.05) is 27.0 Å². The van der Waals surface area contributed by atoms with Crippen molar-refractivity contribution in [3.05, 3.63) is 59.2 Å². The third-order valence-electron chi connectivity index (χ3n) is 2.87. The molecule has 0 heterocycles. The predicted octanol–water partition coefficient (Wildman–Crippen LogP) is 5.46. The van der Waals surface area contributed by atoms with E-state index in [2.05, 4.69) is 10.6 Å². The fourth-order valence-corrected chi connectivity index (χ4v) is 1.84. The lowest BCUT2D eigenvalue weighted by Gasteiger charge is -2.03. The van der Waals surface area contributed by atoms with Crippen LogP contribution in [-0.4, -0.2) is 11.8 Å². The van der Waals surface area contributed by atoms with Crippen molar-refractivity contribution in [2.75, 3.05) is 10.6 Å². The summed E-state index contributed by atoms with van der Waals surface area (Å²) in [4.78, 5) is 21.2. The predicted molar refractivity (Wildman–Crippen MR) is 104 cm³/mol. The van der Waals surface area contributed by atoms with Crippen LogP contribution in [0, 0.1) is 25.5 Å². The van der Waals surface area contributed by atoms with E-state index in [1.54, 1.807) is 31.2 Å². The molecule has 0 fully saturated rings. The third-order valence-corrected chi connectivity index (χ3v) is 2.87. The van der Waals surface area contributed by atoms with Gasteiger partial charge < -0.3 is 10.6 Å². The van der Waals surface area contributed by atoms with Gasteiger partial charge in [0.05, 0.1) is 11.4 Å². The van der Waals surface area contributed by atoms with Gasteiger partial charge in [-0.05, 0) is 49.2 Å². The molecule has 0 atom stereocenters. The number of nitrogens with one attached hydrogen (secondary N) is 2. The number of carbonyl (C=O) groups is 2. The van der Waals surface area contributed by atoms with Crippen LogP contribution < -0.4 is 10.6 Å². The Morgan fingerprint density at radius 2 is 1.19 bits per heavy atom. The van der Waals surface area contributed by atoms with E-state index < -0.39 is 11.6 Å². The summed E-state index contributed by atoms with van der Waals surface area (Å²) in [5.74, 6) is -1.33. The Morgan fingerprint density at radius 1 is 0.731 bits per heavy atom. The Kier molecular flexibility index (Phi) is 11.5. The molecule has 2 aromatic rings. The van der Waals surface area contributed by atoms with E-state index in [1.165, 1.54) is 26.0 Å². The molecule has 2 N–H and O–H groups in total. The molecule has 0 unspecified atom stereocenters. The van der Waals surface area contributed by atoms with Gasteiger partial charge in [0.1, 0.15) is 11.6 Å². The number of anilines is 2. The maximum Gasteiger partial charge on any atom is 0.221 e. The van der Waals surface area contributed by atoms with Gasteiger partial charge in [0.25, 0.3) is 0 Å². The minimum atomic E-state index is -0.407. The van der Waals surface area contributed by atoms with Crippen LogP contribution in [0.3, 0.4) is 0 Å².